The van der Waals surface area contributed by atoms with Crippen molar-refractivity contribution < 1.29 is 9.53 Å². The Bertz CT molecular complexity index is 625. The van der Waals surface area contributed by atoms with Crippen molar-refractivity contribution in [2.75, 3.05) is 6.61 Å². The van der Waals surface area contributed by atoms with Gasteiger partial charge in [0.1, 0.15) is 12.2 Å². The van der Waals surface area contributed by atoms with Gasteiger partial charge in [0.25, 0.3) is 0 Å². The first-order valence-electron chi connectivity index (χ1n) is 6.19. The molecule has 0 bridgehead atoms. The summed E-state index contributed by atoms with van der Waals surface area (Å²) < 4.78 is 6.83. The Balaban J connectivity index is 1.92. The molecule has 6 heteroatoms. The van der Waals surface area contributed by atoms with Crippen LogP contribution in [0, 0.1) is 24.2 Å². The van der Waals surface area contributed by atoms with Gasteiger partial charge in [-0.25, -0.2) is 4.79 Å². The Hall–Kier alpha value is -2.13. The first-order chi connectivity index (χ1) is 9.61. The monoisotopic (exact) mass is 289 g/mol. The van der Waals surface area contributed by atoms with Crippen molar-refractivity contribution in [1.29, 1.82) is 5.26 Å². The lowest BCUT2D eigenvalue weighted by molar-refractivity contribution is 0.0467. The van der Waals surface area contributed by atoms with Crippen LogP contribution in [0.1, 0.15) is 20.9 Å². The average Bonchev–Trinajstić information content (AvgIpc) is 3.06. The minimum Gasteiger partial charge on any atom is -0.461 e. The quantitative estimate of drug-likeness (QED) is 0.792. The van der Waals surface area contributed by atoms with Crippen molar-refractivity contribution in [3.63, 3.8) is 0 Å². The molecule has 0 amide bonds. The Kier molecular flexibility index (Phi) is 4.53. The third-order valence-electron chi connectivity index (χ3n) is 3.08. The van der Waals surface area contributed by atoms with Crippen LogP contribution in [0.25, 0.3) is 0 Å². The van der Waals surface area contributed by atoms with E-state index in [4.69, 9.17) is 10.00 Å². The van der Waals surface area contributed by atoms with Gasteiger partial charge in [0, 0.05) is 24.0 Å². The fourth-order valence-corrected chi connectivity index (χ4v) is 2.55. The molecule has 1 atom stereocenters. The lowest BCUT2D eigenvalue weighted by Crippen LogP contribution is -2.15. The topological polar surface area (TPSA) is 67.9 Å². The number of carbonyl (C=O) groups excluding carboxylic acids is 1. The fourth-order valence-electron chi connectivity index (χ4n) is 1.77. The molecule has 0 aliphatic carbocycles. The highest BCUT2D eigenvalue weighted by molar-refractivity contribution is 7.09. The van der Waals surface area contributed by atoms with Crippen molar-refractivity contribution in [3.05, 3.63) is 39.8 Å². The predicted molar refractivity (Wildman–Crippen MR) is 75.4 cm³/mol. The molecule has 0 saturated heterocycles. The normalized spacial score (nSPS) is 11.8. The second-order valence-corrected chi connectivity index (χ2v) is 5.51. The number of rotatable bonds is 5. The minimum atomic E-state index is -0.429. The van der Waals surface area contributed by atoms with E-state index in [1.165, 1.54) is 6.20 Å². The molecule has 0 N–H and O–H groups in total. The first kappa shape index (κ1) is 14.3. The molecule has 0 fully saturated rings. The molecular weight excluding hydrogens is 274 g/mol. The maximum Gasteiger partial charge on any atom is 0.341 e. The third-order valence-corrected chi connectivity index (χ3v) is 3.98. The number of thiophene rings is 1. The molecule has 0 aliphatic heterocycles. The minimum absolute atomic E-state index is 0.0988. The second-order valence-electron chi connectivity index (χ2n) is 4.48. The Labute approximate surface area is 121 Å². The van der Waals surface area contributed by atoms with Crippen LogP contribution >= 0.6 is 11.3 Å². The molecule has 2 heterocycles. The van der Waals surface area contributed by atoms with E-state index in [1.807, 2.05) is 17.5 Å². The Morgan fingerprint density at radius 3 is 3.00 bits per heavy atom. The highest BCUT2D eigenvalue weighted by Gasteiger charge is 2.17. The van der Waals surface area contributed by atoms with Gasteiger partial charge in [-0.1, -0.05) is 6.07 Å². The van der Waals surface area contributed by atoms with E-state index in [2.05, 4.69) is 11.2 Å². The van der Waals surface area contributed by atoms with Crippen molar-refractivity contribution in [1.82, 2.24) is 9.78 Å². The van der Waals surface area contributed by atoms with Crippen LogP contribution in [0.2, 0.25) is 0 Å². The highest BCUT2D eigenvalue weighted by Crippen LogP contribution is 2.15. The molecule has 20 heavy (non-hydrogen) atoms. The summed E-state index contributed by atoms with van der Waals surface area (Å²) in [6, 6.07) is 6.09. The van der Waals surface area contributed by atoms with Gasteiger partial charge in [-0.05, 0) is 18.4 Å². The molecule has 2 aromatic rings. The smallest absolute Gasteiger partial charge is 0.341 e. The number of ether oxygens (including phenoxy) is 1. The molecule has 0 aliphatic rings. The lowest BCUT2D eigenvalue weighted by Gasteiger charge is -2.09. The maximum atomic E-state index is 11.9. The third kappa shape index (κ3) is 3.25. The van der Waals surface area contributed by atoms with Crippen molar-refractivity contribution in [2.24, 2.45) is 13.0 Å². The molecule has 104 valence electrons. The lowest BCUT2D eigenvalue weighted by atomic mass is 10.1. The summed E-state index contributed by atoms with van der Waals surface area (Å²) >= 11 is 1.60. The van der Waals surface area contributed by atoms with Gasteiger partial charge in [-0.15, -0.1) is 11.3 Å². The molecule has 2 rings (SSSR count). The first-order valence-corrected chi connectivity index (χ1v) is 7.07. The standard InChI is InChI=1S/C14H15N3O2S/c1-10-13(8-16-17(10)2)14(18)19-9-11(7-15)6-12-4-3-5-20-12/h3-5,8,11H,6,9H2,1-2H3. The van der Waals surface area contributed by atoms with E-state index in [0.717, 1.165) is 10.6 Å². The molecular formula is C14H15N3O2S. The largest absolute Gasteiger partial charge is 0.461 e. The number of esters is 1. The summed E-state index contributed by atoms with van der Waals surface area (Å²) in [4.78, 5) is 13.0. The molecule has 5 nitrogen and oxygen atoms in total. The molecule has 0 saturated carbocycles. The second kappa shape index (κ2) is 6.35. The van der Waals surface area contributed by atoms with E-state index in [1.54, 1.807) is 30.0 Å². The molecule has 0 radical (unpaired) electrons. The van der Waals surface area contributed by atoms with E-state index in [0.29, 0.717) is 12.0 Å². The highest BCUT2D eigenvalue weighted by atomic mass is 32.1. The maximum absolute atomic E-state index is 11.9. The zero-order valence-corrected chi connectivity index (χ0v) is 12.2. The predicted octanol–water partition coefficient (Wildman–Crippen LogP) is 2.33. The van der Waals surface area contributed by atoms with Gasteiger partial charge in [0.2, 0.25) is 0 Å². The molecule has 0 aromatic carbocycles. The van der Waals surface area contributed by atoms with Crippen LogP contribution in [0.15, 0.2) is 23.7 Å². The van der Waals surface area contributed by atoms with Gasteiger partial charge in [-0.3, -0.25) is 4.68 Å². The van der Waals surface area contributed by atoms with Gasteiger partial charge in [0.15, 0.2) is 0 Å². The van der Waals surface area contributed by atoms with Crippen LogP contribution in [-0.4, -0.2) is 22.4 Å². The molecule has 2 aromatic heterocycles. The van der Waals surface area contributed by atoms with E-state index in [-0.39, 0.29) is 12.5 Å². The van der Waals surface area contributed by atoms with Crippen LogP contribution in [-0.2, 0) is 18.2 Å². The number of aryl methyl sites for hydroxylation is 1. The van der Waals surface area contributed by atoms with Crippen molar-refractivity contribution in [2.45, 2.75) is 13.3 Å². The average molecular weight is 289 g/mol. The van der Waals surface area contributed by atoms with Crippen LogP contribution in [0.3, 0.4) is 0 Å². The molecule has 0 spiro atoms. The number of hydrogen-bond acceptors (Lipinski definition) is 5. The zero-order chi connectivity index (χ0) is 14.5. The van der Waals surface area contributed by atoms with Crippen LogP contribution in [0.4, 0.5) is 0 Å². The van der Waals surface area contributed by atoms with Gasteiger partial charge in [-0.2, -0.15) is 10.4 Å². The van der Waals surface area contributed by atoms with Crippen molar-refractivity contribution in [3.8, 4) is 6.07 Å². The molecule has 1 unspecified atom stereocenters. The SMILES string of the molecule is Cc1c(C(=O)OCC(C#N)Cc2cccs2)cnn1C. The number of carbonyl (C=O) groups is 1. The van der Waals surface area contributed by atoms with Gasteiger partial charge >= 0.3 is 5.97 Å². The summed E-state index contributed by atoms with van der Waals surface area (Å²) in [5, 5.41) is 15.1. The number of aromatic nitrogens is 2. The number of nitriles is 1. The van der Waals surface area contributed by atoms with Crippen molar-refractivity contribution >= 4 is 17.3 Å². The fraction of sp³-hybridized carbons (Fsp3) is 0.357. The van der Waals surface area contributed by atoms with Crippen LogP contribution in [0.5, 0.6) is 0 Å². The van der Waals surface area contributed by atoms with Gasteiger partial charge in [0.05, 0.1) is 18.2 Å². The summed E-state index contributed by atoms with van der Waals surface area (Å²) in [7, 11) is 1.76. The van der Waals surface area contributed by atoms with Gasteiger partial charge < -0.3 is 4.74 Å². The summed E-state index contributed by atoms with van der Waals surface area (Å²) in [6.45, 7) is 1.90. The van der Waals surface area contributed by atoms with E-state index >= 15 is 0 Å². The van der Waals surface area contributed by atoms with E-state index < -0.39 is 5.97 Å². The summed E-state index contributed by atoms with van der Waals surface area (Å²) in [6.07, 6.45) is 2.09. The summed E-state index contributed by atoms with van der Waals surface area (Å²) in [5.74, 6) is -0.753. The summed E-state index contributed by atoms with van der Waals surface area (Å²) in [5.41, 5.74) is 1.20. The van der Waals surface area contributed by atoms with Crippen LogP contribution < -0.4 is 0 Å². The number of nitrogens with zero attached hydrogens (tertiary/aromatic N) is 3. The Morgan fingerprint density at radius 2 is 2.45 bits per heavy atom. The Morgan fingerprint density at radius 1 is 1.65 bits per heavy atom. The van der Waals surface area contributed by atoms with E-state index in [9.17, 15) is 4.79 Å². The zero-order valence-electron chi connectivity index (χ0n) is 11.4. The number of hydrogen-bond donors (Lipinski definition) is 0.